The minimum Gasteiger partial charge on any atom is -0.464 e. The third-order valence-corrected chi connectivity index (χ3v) is 3.85. The van der Waals surface area contributed by atoms with Crippen molar-refractivity contribution in [1.29, 1.82) is 0 Å². The van der Waals surface area contributed by atoms with Gasteiger partial charge in [-0.25, -0.2) is 9.59 Å². The van der Waals surface area contributed by atoms with Crippen LogP contribution in [0.15, 0.2) is 30.3 Å². The number of hydrogen-bond acceptors (Lipinski definition) is 5. The van der Waals surface area contributed by atoms with Crippen LogP contribution in [-0.4, -0.2) is 42.0 Å². The summed E-state index contributed by atoms with van der Waals surface area (Å²) >= 11 is 6.04. The zero-order valence-electron chi connectivity index (χ0n) is 12.2. The Morgan fingerprint density at radius 3 is 2.09 bits per heavy atom. The maximum atomic E-state index is 12.4. The topological polar surface area (TPSA) is 72.9 Å². The highest BCUT2D eigenvalue weighted by atomic mass is 35.5. The largest absolute Gasteiger partial charge is 0.464 e. The van der Waals surface area contributed by atoms with Gasteiger partial charge in [0.15, 0.2) is 5.38 Å². The molecule has 0 aromatic heterocycles. The highest BCUT2D eigenvalue weighted by molar-refractivity contribution is 6.45. The van der Waals surface area contributed by atoms with Crippen LogP contribution in [0.1, 0.15) is 13.8 Å². The fourth-order valence-corrected chi connectivity index (χ4v) is 2.75. The van der Waals surface area contributed by atoms with Crippen molar-refractivity contribution in [3.63, 3.8) is 0 Å². The number of anilines is 1. The Morgan fingerprint density at radius 2 is 1.64 bits per heavy atom. The first-order valence-electron chi connectivity index (χ1n) is 6.89. The number of nitrogens with zero attached hydrogens (tertiary/aromatic N) is 1. The predicted molar refractivity (Wildman–Crippen MR) is 79.6 cm³/mol. The summed E-state index contributed by atoms with van der Waals surface area (Å²) in [5.74, 6) is -2.33. The summed E-state index contributed by atoms with van der Waals surface area (Å²) in [6, 6.07) is 8.33. The smallest absolute Gasteiger partial charge is 0.346 e. The molecule has 2 rings (SSSR count). The summed E-state index contributed by atoms with van der Waals surface area (Å²) in [4.78, 5) is 38.0. The molecule has 1 aliphatic heterocycles. The molecule has 1 aromatic carbocycles. The van der Waals surface area contributed by atoms with E-state index in [1.54, 1.807) is 44.2 Å². The molecule has 0 saturated carbocycles. The summed E-state index contributed by atoms with van der Waals surface area (Å²) in [6.45, 7) is 3.32. The molecule has 118 valence electrons. The molecule has 1 aromatic rings. The van der Waals surface area contributed by atoms with E-state index in [-0.39, 0.29) is 13.2 Å². The lowest BCUT2D eigenvalue weighted by Gasteiger charge is -2.50. The number of carbonyl (C=O) groups excluding carboxylic acids is 3. The van der Waals surface area contributed by atoms with Crippen LogP contribution >= 0.6 is 11.6 Å². The number of ether oxygens (including phenoxy) is 2. The minimum atomic E-state index is -1.98. The molecular formula is C15H16ClNO5. The van der Waals surface area contributed by atoms with E-state index >= 15 is 0 Å². The zero-order chi connectivity index (χ0) is 16.3. The molecule has 22 heavy (non-hydrogen) atoms. The molecule has 1 saturated heterocycles. The summed E-state index contributed by atoms with van der Waals surface area (Å²) in [5, 5.41) is -1.36. The second kappa shape index (κ2) is 6.36. The summed E-state index contributed by atoms with van der Waals surface area (Å²) in [7, 11) is 0. The van der Waals surface area contributed by atoms with Crippen molar-refractivity contribution in [3.05, 3.63) is 30.3 Å². The highest BCUT2D eigenvalue weighted by Crippen LogP contribution is 2.42. The van der Waals surface area contributed by atoms with Crippen molar-refractivity contribution < 1.29 is 23.9 Å². The van der Waals surface area contributed by atoms with Crippen LogP contribution in [0.25, 0.3) is 0 Å². The van der Waals surface area contributed by atoms with Gasteiger partial charge >= 0.3 is 11.9 Å². The Bertz CT molecular complexity index is 571. The fraction of sp³-hybridized carbons (Fsp3) is 0.400. The number of halogens is 1. The van der Waals surface area contributed by atoms with Crippen LogP contribution in [-0.2, 0) is 23.9 Å². The SMILES string of the molecule is CCOC(=O)C1(C(=O)OCC)C(Cl)C(=O)N1c1ccccc1. The standard InChI is InChI=1S/C15H16ClNO5/c1-3-21-13(19)15(14(20)22-4-2)11(16)12(18)17(15)10-8-6-5-7-9-10/h5-9,11H,3-4H2,1-2H3. The maximum Gasteiger partial charge on any atom is 0.346 e. The van der Waals surface area contributed by atoms with Crippen LogP contribution in [0.2, 0.25) is 0 Å². The Balaban J connectivity index is 2.52. The number of benzene rings is 1. The molecule has 1 amide bonds. The van der Waals surface area contributed by atoms with E-state index in [0.717, 1.165) is 4.90 Å². The molecule has 0 bridgehead atoms. The Kier molecular flexibility index (Phi) is 4.71. The van der Waals surface area contributed by atoms with E-state index in [0.29, 0.717) is 5.69 Å². The van der Waals surface area contributed by atoms with Gasteiger partial charge in [-0.3, -0.25) is 9.69 Å². The van der Waals surface area contributed by atoms with Gasteiger partial charge in [0.2, 0.25) is 5.91 Å². The second-order valence-electron chi connectivity index (χ2n) is 4.58. The van der Waals surface area contributed by atoms with E-state index in [1.165, 1.54) is 0 Å². The first-order valence-corrected chi connectivity index (χ1v) is 7.33. The molecule has 1 fully saturated rings. The molecule has 0 spiro atoms. The number of para-hydroxylation sites is 1. The maximum absolute atomic E-state index is 12.4. The summed E-state index contributed by atoms with van der Waals surface area (Å²) < 4.78 is 9.94. The van der Waals surface area contributed by atoms with Gasteiger partial charge in [0, 0.05) is 5.69 Å². The van der Waals surface area contributed by atoms with Crippen LogP contribution < -0.4 is 4.90 Å². The van der Waals surface area contributed by atoms with Gasteiger partial charge in [0.25, 0.3) is 5.54 Å². The van der Waals surface area contributed by atoms with E-state index < -0.39 is 28.8 Å². The Hall–Kier alpha value is -2.08. The Morgan fingerprint density at radius 1 is 1.14 bits per heavy atom. The third kappa shape index (κ3) is 2.23. The lowest BCUT2D eigenvalue weighted by molar-refractivity contribution is -0.171. The Labute approximate surface area is 132 Å². The van der Waals surface area contributed by atoms with Crippen molar-refractivity contribution in [2.45, 2.75) is 24.8 Å². The number of carbonyl (C=O) groups is 3. The van der Waals surface area contributed by atoms with Crippen molar-refractivity contribution in [3.8, 4) is 0 Å². The molecule has 0 N–H and O–H groups in total. The van der Waals surface area contributed by atoms with Crippen molar-refractivity contribution in [2.75, 3.05) is 18.1 Å². The first kappa shape index (κ1) is 16.3. The van der Waals surface area contributed by atoms with E-state index in [1.807, 2.05) is 0 Å². The second-order valence-corrected chi connectivity index (χ2v) is 5.02. The molecule has 7 heteroatoms. The van der Waals surface area contributed by atoms with Gasteiger partial charge < -0.3 is 9.47 Å². The van der Waals surface area contributed by atoms with Crippen molar-refractivity contribution in [2.24, 2.45) is 0 Å². The van der Waals surface area contributed by atoms with Crippen molar-refractivity contribution >= 4 is 35.1 Å². The van der Waals surface area contributed by atoms with Crippen LogP contribution in [0.5, 0.6) is 0 Å². The third-order valence-electron chi connectivity index (χ3n) is 3.34. The average Bonchev–Trinajstić information content (AvgIpc) is 2.52. The lowest BCUT2D eigenvalue weighted by Crippen LogP contribution is -2.80. The molecule has 1 unspecified atom stereocenters. The highest BCUT2D eigenvalue weighted by Gasteiger charge is 2.72. The van der Waals surface area contributed by atoms with Gasteiger partial charge in [-0.15, -0.1) is 11.6 Å². The minimum absolute atomic E-state index is 0.0560. The fourth-order valence-electron chi connectivity index (χ4n) is 2.38. The van der Waals surface area contributed by atoms with Gasteiger partial charge in [-0.05, 0) is 26.0 Å². The monoisotopic (exact) mass is 325 g/mol. The summed E-state index contributed by atoms with van der Waals surface area (Å²) in [5.41, 5.74) is -1.60. The van der Waals surface area contributed by atoms with Crippen LogP contribution in [0, 0.1) is 0 Å². The number of esters is 2. The van der Waals surface area contributed by atoms with Crippen LogP contribution in [0.4, 0.5) is 5.69 Å². The summed E-state index contributed by atoms with van der Waals surface area (Å²) in [6.07, 6.45) is 0. The number of hydrogen-bond donors (Lipinski definition) is 0. The van der Waals surface area contributed by atoms with Gasteiger partial charge in [-0.1, -0.05) is 18.2 Å². The van der Waals surface area contributed by atoms with Crippen LogP contribution in [0.3, 0.4) is 0 Å². The quantitative estimate of drug-likeness (QED) is 0.355. The van der Waals surface area contributed by atoms with Gasteiger partial charge in [0.1, 0.15) is 0 Å². The molecular weight excluding hydrogens is 310 g/mol. The molecule has 1 aliphatic rings. The van der Waals surface area contributed by atoms with E-state index in [9.17, 15) is 14.4 Å². The first-order chi connectivity index (χ1) is 10.5. The van der Waals surface area contributed by atoms with Crippen molar-refractivity contribution in [1.82, 2.24) is 0 Å². The normalized spacial score (nSPS) is 19.3. The number of β-lactam (4-membered cyclic amide) rings is 1. The number of rotatable bonds is 5. The molecule has 0 radical (unpaired) electrons. The molecule has 6 nitrogen and oxygen atoms in total. The average molecular weight is 326 g/mol. The van der Waals surface area contributed by atoms with E-state index in [2.05, 4.69) is 0 Å². The molecule has 1 atom stereocenters. The van der Waals surface area contributed by atoms with Gasteiger partial charge in [0.05, 0.1) is 13.2 Å². The number of alkyl halides is 1. The molecule has 1 heterocycles. The lowest BCUT2D eigenvalue weighted by atomic mass is 9.82. The zero-order valence-corrected chi connectivity index (χ0v) is 13.0. The molecule has 0 aliphatic carbocycles. The van der Waals surface area contributed by atoms with E-state index in [4.69, 9.17) is 21.1 Å². The van der Waals surface area contributed by atoms with Gasteiger partial charge in [-0.2, -0.15) is 0 Å². The predicted octanol–water partition coefficient (Wildman–Crippen LogP) is 1.51. The number of amides is 1.